The molecule has 0 saturated carbocycles. The van der Waals surface area contributed by atoms with Crippen LogP contribution in [0.5, 0.6) is 0 Å². The van der Waals surface area contributed by atoms with Gasteiger partial charge in [-0.05, 0) is 24.8 Å². The second-order valence-electron chi connectivity index (χ2n) is 3.73. The maximum atomic E-state index is 11.3. The number of primary sulfonamides is 1. The SMILES string of the molecule is CCCC/C=C/Nc1ccccc1S(N)(=O)=O. The first kappa shape index (κ1) is 13.7. The van der Waals surface area contributed by atoms with Gasteiger partial charge in [0.2, 0.25) is 10.0 Å². The fraction of sp³-hybridized carbons (Fsp3) is 0.333. The minimum absolute atomic E-state index is 0.111. The molecule has 0 unspecified atom stereocenters. The van der Waals surface area contributed by atoms with Gasteiger partial charge in [0, 0.05) is 0 Å². The monoisotopic (exact) mass is 254 g/mol. The highest BCUT2D eigenvalue weighted by atomic mass is 32.2. The van der Waals surface area contributed by atoms with Gasteiger partial charge >= 0.3 is 0 Å². The Morgan fingerprint density at radius 3 is 2.71 bits per heavy atom. The first-order valence-electron chi connectivity index (χ1n) is 5.59. The van der Waals surface area contributed by atoms with E-state index in [4.69, 9.17) is 5.14 Å². The van der Waals surface area contributed by atoms with Crippen molar-refractivity contribution in [2.75, 3.05) is 5.32 Å². The van der Waals surface area contributed by atoms with Crippen molar-refractivity contribution in [1.29, 1.82) is 0 Å². The van der Waals surface area contributed by atoms with Crippen LogP contribution in [0.1, 0.15) is 26.2 Å². The van der Waals surface area contributed by atoms with Crippen molar-refractivity contribution >= 4 is 15.7 Å². The smallest absolute Gasteiger partial charge is 0.240 e. The van der Waals surface area contributed by atoms with Crippen LogP contribution in [-0.2, 0) is 10.0 Å². The van der Waals surface area contributed by atoms with Crippen molar-refractivity contribution in [3.05, 3.63) is 36.5 Å². The Kier molecular flexibility index (Phi) is 5.18. The summed E-state index contributed by atoms with van der Waals surface area (Å²) in [4.78, 5) is 0.111. The Morgan fingerprint density at radius 2 is 2.06 bits per heavy atom. The molecular weight excluding hydrogens is 236 g/mol. The van der Waals surface area contributed by atoms with E-state index in [2.05, 4.69) is 12.2 Å². The van der Waals surface area contributed by atoms with E-state index < -0.39 is 10.0 Å². The van der Waals surface area contributed by atoms with E-state index >= 15 is 0 Å². The molecule has 0 heterocycles. The van der Waals surface area contributed by atoms with E-state index in [1.165, 1.54) is 6.07 Å². The van der Waals surface area contributed by atoms with Gasteiger partial charge in [0.15, 0.2) is 0 Å². The van der Waals surface area contributed by atoms with Gasteiger partial charge in [-0.15, -0.1) is 0 Å². The number of hydrogen-bond acceptors (Lipinski definition) is 3. The molecular formula is C12H18N2O2S. The normalized spacial score (nSPS) is 11.9. The molecule has 0 fully saturated rings. The third-order valence-corrected chi connectivity index (χ3v) is 3.24. The number of nitrogens with two attached hydrogens (primary N) is 1. The van der Waals surface area contributed by atoms with Gasteiger partial charge in [0.05, 0.1) is 5.69 Å². The molecule has 94 valence electrons. The van der Waals surface area contributed by atoms with Crippen LogP contribution in [0.25, 0.3) is 0 Å². The lowest BCUT2D eigenvalue weighted by atomic mass is 10.2. The molecule has 0 saturated heterocycles. The summed E-state index contributed by atoms with van der Waals surface area (Å²) in [5, 5.41) is 8.06. The lowest BCUT2D eigenvalue weighted by Crippen LogP contribution is -2.13. The number of anilines is 1. The second-order valence-corrected chi connectivity index (χ2v) is 5.26. The van der Waals surface area contributed by atoms with Gasteiger partial charge in [-0.25, -0.2) is 13.6 Å². The molecule has 1 rings (SSSR count). The Labute approximate surface area is 103 Å². The standard InChI is InChI=1S/C12H18N2O2S/c1-2-3-4-7-10-14-11-8-5-6-9-12(11)17(13,15)16/h5-10,14H,2-4H2,1H3,(H2,13,15,16)/b10-7+. The topological polar surface area (TPSA) is 72.2 Å². The molecule has 17 heavy (non-hydrogen) atoms. The number of allylic oxidation sites excluding steroid dienone is 1. The minimum Gasteiger partial charge on any atom is -0.361 e. The maximum absolute atomic E-state index is 11.3. The summed E-state index contributed by atoms with van der Waals surface area (Å²) in [6.45, 7) is 2.12. The zero-order chi connectivity index (χ0) is 12.7. The van der Waals surface area contributed by atoms with Crippen LogP contribution in [0, 0.1) is 0 Å². The summed E-state index contributed by atoms with van der Waals surface area (Å²) in [5.41, 5.74) is 0.503. The average Bonchev–Trinajstić information content (AvgIpc) is 2.28. The molecule has 1 aromatic carbocycles. The summed E-state index contributed by atoms with van der Waals surface area (Å²) in [6, 6.07) is 6.57. The van der Waals surface area contributed by atoms with Crippen molar-refractivity contribution in [2.24, 2.45) is 5.14 Å². The molecule has 0 atom stereocenters. The highest BCUT2D eigenvalue weighted by molar-refractivity contribution is 7.89. The summed E-state index contributed by atoms with van der Waals surface area (Å²) in [6.07, 6.45) is 6.96. The number of hydrogen-bond donors (Lipinski definition) is 2. The Balaban J connectivity index is 2.75. The number of para-hydroxylation sites is 1. The molecule has 0 aliphatic carbocycles. The fourth-order valence-electron chi connectivity index (χ4n) is 1.39. The zero-order valence-corrected chi connectivity index (χ0v) is 10.7. The zero-order valence-electron chi connectivity index (χ0n) is 9.89. The van der Waals surface area contributed by atoms with E-state index in [9.17, 15) is 8.42 Å². The number of unbranched alkanes of at least 4 members (excludes halogenated alkanes) is 2. The van der Waals surface area contributed by atoms with Crippen LogP contribution in [0.15, 0.2) is 41.4 Å². The number of benzene rings is 1. The summed E-state index contributed by atoms with van der Waals surface area (Å²) in [7, 11) is -3.68. The molecule has 0 aromatic heterocycles. The summed E-state index contributed by atoms with van der Waals surface area (Å²) < 4.78 is 22.6. The Bertz CT molecular complexity index is 481. The molecule has 0 amide bonds. The predicted molar refractivity (Wildman–Crippen MR) is 70.1 cm³/mol. The van der Waals surface area contributed by atoms with E-state index in [0.29, 0.717) is 5.69 Å². The number of rotatable bonds is 6. The van der Waals surface area contributed by atoms with Crippen LogP contribution in [0.4, 0.5) is 5.69 Å². The molecule has 0 aliphatic heterocycles. The van der Waals surface area contributed by atoms with Gasteiger partial charge in [0.25, 0.3) is 0 Å². The molecule has 0 spiro atoms. The summed E-state index contributed by atoms with van der Waals surface area (Å²) in [5.74, 6) is 0. The lowest BCUT2D eigenvalue weighted by Gasteiger charge is -2.06. The molecule has 0 radical (unpaired) electrons. The Hall–Kier alpha value is -1.33. The highest BCUT2D eigenvalue weighted by Crippen LogP contribution is 2.19. The number of nitrogens with one attached hydrogen (secondary N) is 1. The van der Waals surface area contributed by atoms with E-state index in [-0.39, 0.29) is 4.90 Å². The molecule has 5 heteroatoms. The molecule has 3 N–H and O–H groups in total. The van der Waals surface area contributed by atoms with Gasteiger partial charge < -0.3 is 5.32 Å². The largest absolute Gasteiger partial charge is 0.361 e. The summed E-state index contributed by atoms with van der Waals surface area (Å²) >= 11 is 0. The molecule has 1 aromatic rings. The Morgan fingerprint density at radius 1 is 1.35 bits per heavy atom. The first-order chi connectivity index (χ1) is 8.05. The number of sulfonamides is 1. The predicted octanol–water partition coefficient (Wildman–Crippen LogP) is 2.45. The lowest BCUT2D eigenvalue weighted by molar-refractivity contribution is 0.598. The second kappa shape index (κ2) is 6.42. The van der Waals surface area contributed by atoms with Gasteiger partial charge in [-0.2, -0.15) is 0 Å². The van der Waals surface area contributed by atoms with E-state index in [1.807, 2.05) is 6.08 Å². The van der Waals surface area contributed by atoms with E-state index in [1.54, 1.807) is 24.4 Å². The van der Waals surface area contributed by atoms with Crippen molar-refractivity contribution in [3.8, 4) is 0 Å². The van der Waals surface area contributed by atoms with Gasteiger partial charge in [0.1, 0.15) is 4.90 Å². The average molecular weight is 254 g/mol. The quantitative estimate of drug-likeness (QED) is 0.766. The van der Waals surface area contributed by atoms with Crippen LogP contribution < -0.4 is 10.5 Å². The highest BCUT2D eigenvalue weighted by Gasteiger charge is 2.11. The van der Waals surface area contributed by atoms with Crippen molar-refractivity contribution in [1.82, 2.24) is 0 Å². The molecule has 4 nitrogen and oxygen atoms in total. The fourth-order valence-corrected chi connectivity index (χ4v) is 2.09. The van der Waals surface area contributed by atoms with Crippen molar-refractivity contribution in [2.45, 2.75) is 31.1 Å². The molecule has 0 bridgehead atoms. The van der Waals surface area contributed by atoms with Crippen LogP contribution in [0.2, 0.25) is 0 Å². The maximum Gasteiger partial charge on any atom is 0.240 e. The third-order valence-electron chi connectivity index (χ3n) is 2.27. The van der Waals surface area contributed by atoms with Gasteiger partial charge in [-0.3, -0.25) is 0 Å². The van der Waals surface area contributed by atoms with Crippen LogP contribution in [-0.4, -0.2) is 8.42 Å². The van der Waals surface area contributed by atoms with E-state index in [0.717, 1.165) is 19.3 Å². The molecule has 0 aliphatic rings. The van der Waals surface area contributed by atoms with Gasteiger partial charge in [-0.1, -0.05) is 38.0 Å². The van der Waals surface area contributed by atoms with Crippen molar-refractivity contribution < 1.29 is 8.42 Å². The van der Waals surface area contributed by atoms with Crippen LogP contribution in [0.3, 0.4) is 0 Å². The van der Waals surface area contributed by atoms with Crippen LogP contribution >= 0.6 is 0 Å². The minimum atomic E-state index is -3.68. The van der Waals surface area contributed by atoms with Crippen molar-refractivity contribution in [3.63, 3.8) is 0 Å². The third kappa shape index (κ3) is 4.58. The first-order valence-corrected chi connectivity index (χ1v) is 7.13.